The fraction of sp³-hybridized carbons (Fsp3) is 0.647. The van der Waals surface area contributed by atoms with Gasteiger partial charge in [-0.05, 0) is 137 Å². The molecule has 4 fully saturated rings. The molecule has 4 aliphatic rings. The van der Waals surface area contributed by atoms with Crippen LogP contribution in [-0.4, -0.2) is 309 Å². The molecule has 8 aromatic rings. The molecule has 0 aromatic carbocycles. The van der Waals surface area contributed by atoms with E-state index < -0.39 is 126 Å². The summed E-state index contributed by atoms with van der Waals surface area (Å²) < 4.78 is 41.6. The molecule has 4 unspecified atom stereocenters. The van der Waals surface area contributed by atoms with Gasteiger partial charge in [0.15, 0.2) is 69.6 Å². The summed E-state index contributed by atoms with van der Waals surface area (Å²) in [4.78, 5) is 72.2. The van der Waals surface area contributed by atoms with Crippen molar-refractivity contribution in [2.45, 2.75) is 191 Å². The highest BCUT2D eigenvalue weighted by molar-refractivity contribution is 7.73. The molecule has 0 saturated carbocycles. The van der Waals surface area contributed by atoms with Crippen molar-refractivity contribution in [3.05, 3.63) is 56.7 Å². The summed E-state index contributed by atoms with van der Waals surface area (Å²) in [6.45, 7) is 24.0. The smallest absolute Gasteiger partial charge is 0.279 e. The van der Waals surface area contributed by atoms with Gasteiger partial charge < -0.3 is 90.7 Å². The Hall–Kier alpha value is -6.28. The van der Waals surface area contributed by atoms with Gasteiger partial charge in [-0.2, -0.15) is 19.9 Å². The van der Waals surface area contributed by atoms with Gasteiger partial charge in [0.1, 0.15) is 72.1 Å². The van der Waals surface area contributed by atoms with Crippen LogP contribution < -0.4 is 32.1 Å². The van der Waals surface area contributed by atoms with Crippen molar-refractivity contribution < 1.29 is 69.3 Å². The SMILES string of the molecule is C=P(C)(C)CC[C@H]1OC(n2c(C)nc3c(=O)[nH]c(C)nc32)[C@H](O)[C@@H]1O.C=P(C)(C)CC[C@H]1OC(n2c(CC)nc3c(=O)[nH]c(C)nc32)[C@H](O)[C@@H]1O.C=P(C)(C)CC[C@H]1OC(n2cnc3c(OCCC)nc(N)nc32)[C@H](O)[C@@H]1O.C=P(C)(C)CC[C@H]1OC(n2cnc3c(OCCCC)nc(N)nc32)[C@H](O)[C@@H]1O. The highest BCUT2D eigenvalue weighted by atomic mass is 31.2. The summed E-state index contributed by atoms with van der Waals surface area (Å²) >= 11 is 0. The summed E-state index contributed by atoms with van der Waals surface area (Å²) in [6.07, 6.45) is 15.3. The van der Waals surface area contributed by atoms with Gasteiger partial charge in [-0.3, -0.25) is 27.9 Å². The third kappa shape index (κ3) is 19.8. The maximum Gasteiger partial charge on any atom is 0.279 e. The second-order valence-corrected chi connectivity index (χ2v) is 47.7. The van der Waals surface area contributed by atoms with Gasteiger partial charge in [0.2, 0.25) is 23.7 Å². The van der Waals surface area contributed by atoms with Crippen molar-refractivity contribution in [1.29, 1.82) is 0 Å². The normalized spacial score (nSPS) is 26.3. The number of imidazole rings is 4. The molecule has 8 aromatic heterocycles. The Kier molecular flexibility index (Phi) is 27.1. The van der Waals surface area contributed by atoms with Crippen molar-refractivity contribution >= 4 is 109 Å². The highest BCUT2D eigenvalue weighted by Gasteiger charge is 2.48. The number of anilines is 2. The number of aliphatic hydroxyl groups excluding tert-OH is 8. The standard InChI is InChI=1S/C18H30N5O4P.C17H28N5O4P.C17H27N4O4P.C16H25N4O4P/c1-5-6-8-26-16-12-15(21-18(19)22-16)23(10-20-12)17-14(25)13(24)11(27-17)7-9-28(2,3)4;1-5-7-25-15-11-14(20-17(18)21-15)22(9-19-11)16-13(24)12(23)10(26-16)6-8-27(2,3)4;1-6-11-20-12-15(18-9(2)19-16(12)24)21(11)17-14(23)13(22)10(25-17)7-8-26(3,4)5;1-8-17-14-11(15(23)18-8)19-9(2)20(14)16-13(22)12(21)10(24-16)6-7-25(3,4)5/h10-11,13-14,17,24-25H,2,5-9H2,1,3-4H3,(H2,19,21,22);9-10,12-13,16,23-24H,2,5-8H2,1,3-4H3,(H2,18,20,21);10,13-14,17,22-23H,3,6-8H2,1-2,4-5H3,(H,18,19,24);10,12-13,16,21-22H,3,6-7H2,1-2,4-5H3,(H,17,18,23)/t11-,13-,14-,17?;10-,12-,13-,16?;10-,13-,14-,17?;10-,12-,13-,16?/m1111/s1. The second-order valence-electron chi connectivity index (χ2n) is 30.4. The van der Waals surface area contributed by atoms with Gasteiger partial charge in [0.05, 0.1) is 50.3 Å². The minimum Gasteiger partial charge on any atom is -0.476 e. The predicted octanol–water partition coefficient (Wildman–Crippen LogP) is 3.39. The van der Waals surface area contributed by atoms with Crippen LogP contribution in [0.3, 0.4) is 0 Å². The average Bonchev–Trinajstić information content (AvgIpc) is 1.61. The van der Waals surface area contributed by atoms with Crippen LogP contribution >= 0.6 is 27.5 Å². The molecule has 16 atom stereocenters. The van der Waals surface area contributed by atoms with Crippen LogP contribution in [0.15, 0.2) is 22.2 Å². The van der Waals surface area contributed by atoms with Gasteiger partial charge >= 0.3 is 0 Å². The molecule has 0 radical (unpaired) electrons. The summed E-state index contributed by atoms with van der Waals surface area (Å²) in [7, 11) is 0. The Morgan fingerprint density at radius 2 is 0.802 bits per heavy atom. The van der Waals surface area contributed by atoms with Crippen LogP contribution in [0.25, 0.3) is 44.7 Å². The number of ether oxygens (including phenoxy) is 6. The highest BCUT2D eigenvalue weighted by Crippen LogP contribution is 2.45. The largest absolute Gasteiger partial charge is 0.476 e. The number of hydrogen-bond donors (Lipinski definition) is 12. The Morgan fingerprint density at radius 1 is 0.453 bits per heavy atom. The topological polar surface area (TPSA) is 484 Å². The van der Waals surface area contributed by atoms with Crippen molar-refractivity contribution in [1.82, 2.24) is 78.1 Å². The molecule has 14 N–H and O–H groups in total. The molecular formula is C68H110N18O16P4. The van der Waals surface area contributed by atoms with Gasteiger partial charge in [0.25, 0.3) is 11.1 Å². The van der Waals surface area contributed by atoms with Gasteiger partial charge in [-0.15, -0.1) is 52.7 Å². The van der Waals surface area contributed by atoms with Crippen LogP contribution in [0.4, 0.5) is 11.9 Å². The van der Waals surface area contributed by atoms with Crippen molar-refractivity contribution in [3.63, 3.8) is 0 Å². The zero-order valence-corrected chi connectivity index (χ0v) is 66.7. The molecule has 0 aliphatic carbocycles. The number of aliphatic hydroxyl groups is 8. The maximum absolute atomic E-state index is 12.2. The zero-order valence-electron chi connectivity index (χ0n) is 63.2. The Labute approximate surface area is 616 Å². The number of aromatic amines is 2. The number of rotatable bonds is 24. The first kappa shape index (κ1) is 83.8. The van der Waals surface area contributed by atoms with E-state index in [0.717, 1.165) is 43.9 Å². The molecule has 0 amide bonds. The Bertz CT molecular complexity index is 4690. The fourth-order valence-corrected chi connectivity index (χ4v) is 16.5. The minimum absolute atomic E-state index is 0.0449. The van der Waals surface area contributed by atoms with Crippen molar-refractivity contribution in [3.8, 4) is 11.8 Å². The fourth-order valence-electron chi connectivity index (χ4n) is 12.7. The van der Waals surface area contributed by atoms with Gasteiger partial charge in [-0.1, -0.05) is 27.2 Å². The van der Waals surface area contributed by atoms with E-state index in [4.69, 9.17) is 39.9 Å². The molecule has 106 heavy (non-hydrogen) atoms. The Balaban J connectivity index is 0.000000164. The lowest BCUT2D eigenvalue weighted by Crippen LogP contribution is -2.32. The number of unbranched alkanes of at least 4 members (excludes halogenated alkanes) is 1. The van der Waals surface area contributed by atoms with Crippen LogP contribution in [0.5, 0.6) is 11.8 Å². The molecule has 12 rings (SSSR count). The number of H-pyrrole nitrogens is 2. The quantitative estimate of drug-likeness (QED) is 0.0305. The van der Waals surface area contributed by atoms with E-state index >= 15 is 0 Å². The molecule has 38 heteroatoms. The number of nitrogens with one attached hydrogen (secondary N) is 2. The molecular weight excluding hydrogens is 1450 g/mol. The van der Waals surface area contributed by atoms with E-state index in [9.17, 15) is 50.4 Å². The summed E-state index contributed by atoms with van der Waals surface area (Å²) in [5.41, 5.74) is 13.8. The molecule has 588 valence electrons. The number of nitrogen functional groups attached to an aromatic ring is 2. The Morgan fingerprint density at radius 3 is 1.17 bits per heavy atom. The van der Waals surface area contributed by atoms with Crippen LogP contribution in [-0.2, 0) is 25.4 Å². The monoisotopic (exact) mass is 1560 g/mol. The molecule has 0 spiro atoms. The third-order valence-corrected chi connectivity index (χ3v) is 24.3. The number of hydrogen-bond acceptors (Lipinski definition) is 28. The second kappa shape index (κ2) is 34.3. The molecule has 4 aliphatic heterocycles. The molecule has 34 nitrogen and oxygen atoms in total. The predicted molar refractivity (Wildman–Crippen MR) is 421 cm³/mol. The third-order valence-electron chi connectivity index (χ3n) is 18.4. The van der Waals surface area contributed by atoms with Gasteiger partial charge in [0, 0.05) is 6.42 Å². The van der Waals surface area contributed by atoms with E-state index in [1.165, 1.54) is 12.7 Å². The number of nitrogens with two attached hydrogens (primary N) is 2. The summed E-state index contributed by atoms with van der Waals surface area (Å²) in [5.74, 6) is 2.70. The van der Waals surface area contributed by atoms with Crippen LogP contribution in [0.1, 0.15) is 114 Å². The number of aromatic nitrogens is 16. The number of fused-ring (bicyclic) bond motifs is 4. The lowest BCUT2D eigenvalue weighted by molar-refractivity contribution is -0.0367. The van der Waals surface area contributed by atoms with Gasteiger partial charge in [-0.25, -0.2) is 29.9 Å². The lowest BCUT2D eigenvalue weighted by Gasteiger charge is -2.19. The first-order valence-corrected chi connectivity index (χ1v) is 47.8. The lowest BCUT2D eigenvalue weighted by atomic mass is 10.1. The molecule has 12 heterocycles. The van der Waals surface area contributed by atoms with E-state index in [2.05, 4.69) is 145 Å². The van der Waals surface area contributed by atoms with Crippen LogP contribution in [0.2, 0.25) is 0 Å². The molecule has 0 bridgehead atoms. The summed E-state index contributed by atoms with van der Waals surface area (Å²) in [5, 5.41) is 83.9. The van der Waals surface area contributed by atoms with E-state index in [1.54, 1.807) is 39.0 Å². The van der Waals surface area contributed by atoms with Crippen LogP contribution in [0, 0.1) is 20.8 Å². The van der Waals surface area contributed by atoms with Crippen molar-refractivity contribution in [2.75, 3.05) is 103 Å². The van der Waals surface area contributed by atoms with E-state index in [1.807, 2.05) is 13.8 Å². The average molecular weight is 1560 g/mol. The first-order valence-electron chi connectivity index (χ1n) is 35.6. The number of aryl methyl sites for hydroxylation is 4. The summed E-state index contributed by atoms with van der Waals surface area (Å²) in [6, 6.07) is 0. The van der Waals surface area contributed by atoms with E-state index in [0.29, 0.717) is 114 Å². The first-order chi connectivity index (χ1) is 49.6. The maximum atomic E-state index is 12.2. The number of nitrogens with zero attached hydrogens (tertiary/aromatic N) is 14. The zero-order chi connectivity index (χ0) is 78.0. The minimum atomic E-state index is -1.26. The van der Waals surface area contributed by atoms with E-state index in [-0.39, 0.29) is 34.0 Å². The van der Waals surface area contributed by atoms with Crippen molar-refractivity contribution in [2.24, 2.45) is 0 Å². The molecule has 4 saturated heterocycles.